The first-order valence-electron chi connectivity index (χ1n) is 3.29. The first-order chi connectivity index (χ1) is 3.89. The van der Waals surface area contributed by atoms with E-state index in [1.54, 1.807) is 0 Å². The topological polar surface area (TPSA) is 17.1 Å². The van der Waals surface area contributed by atoms with Gasteiger partial charge < -0.3 is 0 Å². The molecule has 3 atom stereocenters. The lowest BCUT2D eigenvalue weighted by atomic mass is 10.0. The largest absolute Gasteiger partial charge is 0.259 e. The third-order valence-corrected chi connectivity index (χ3v) is 4.17. The lowest BCUT2D eigenvalue weighted by Crippen LogP contribution is -2.00. The van der Waals surface area contributed by atoms with Crippen molar-refractivity contribution in [3.63, 3.8) is 0 Å². The van der Waals surface area contributed by atoms with Crippen molar-refractivity contribution in [2.75, 3.05) is 0 Å². The molecule has 1 aliphatic heterocycles. The van der Waals surface area contributed by atoms with E-state index in [9.17, 15) is 4.21 Å². The van der Waals surface area contributed by atoms with Crippen molar-refractivity contribution in [3.05, 3.63) is 0 Å². The lowest BCUT2D eigenvalue weighted by Gasteiger charge is -2.01. The van der Waals surface area contributed by atoms with Crippen molar-refractivity contribution in [3.8, 4) is 0 Å². The van der Waals surface area contributed by atoms with E-state index in [4.69, 9.17) is 0 Å². The highest BCUT2D eigenvalue weighted by molar-refractivity contribution is 7.93. The molecule has 1 aliphatic carbocycles. The zero-order chi connectivity index (χ0) is 5.56. The number of hydrogen-bond donors (Lipinski definition) is 0. The van der Waals surface area contributed by atoms with E-state index in [1.807, 2.05) is 0 Å². The van der Waals surface area contributed by atoms with Gasteiger partial charge in [-0.1, -0.05) is 12.8 Å². The third kappa shape index (κ3) is 0.555. The van der Waals surface area contributed by atoms with E-state index >= 15 is 0 Å². The Kier molecular flexibility index (Phi) is 0.973. The smallest absolute Gasteiger partial charge is 0.0494 e. The van der Waals surface area contributed by atoms with Gasteiger partial charge in [0.05, 0.1) is 0 Å². The summed E-state index contributed by atoms with van der Waals surface area (Å²) in [6, 6.07) is 0. The maximum atomic E-state index is 10.8. The highest BCUT2D eigenvalue weighted by atomic mass is 32.2. The van der Waals surface area contributed by atoms with Crippen LogP contribution < -0.4 is 0 Å². The molecule has 0 N–H and O–H groups in total. The van der Waals surface area contributed by atoms with Gasteiger partial charge >= 0.3 is 0 Å². The minimum absolute atomic E-state index is 0.374. The van der Waals surface area contributed by atoms with Gasteiger partial charge in [0.15, 0.2) is 0 Å². The number of rotatable bonds is 0. The summed E-state index contributed by atoms with van der Waals surface area (Å²) in [5.74, 6) is 0. The Morgan fingerprint density at radius 1 is 1.12 bits per heavy atom. The fraction of sp³-hybridized carbons (Fsp3) is 1.00. The molecule has 2 fully saturated rings. The van der Waals surface area contributed by atoms with Gasteiger partial charge in [-0.05, 0) is 12.8 Å². The standard InChI is InChI=1S/C6H10OS/c7-8-5-3-1-2-4-6(5)8/h5-6H,1-4H2/t5-,6+,8?. The van der Waals surface area contributed by atoms with Crippen LogP contribution in [0.15, 0.2) is 0 Å². The molecule has 0 aromatic carbocycles. The van der Waals surface area contributed by atoms with Gasteiger partial charge in [0.2, 0.25) is 0 Å². The summed E-state index contributed by atoms with van der Waals surface area (Å²) in [7, 11) is -0.374. The molecule has 0 aromatic heterocycles. The molecule has 1 unspecified atom stereocenters. The van der Waals surface area contributed by atoms with Gasteiger partial charge in [0.25, 0.3) is 0 Å². The monoisotopic (exact) mass is 130 g/mol. The predicted molar refractivity (Wildman–Crippen MR) is 34.2 cm³/mol. The van der Waals surface area contributed by atoms with Crippen molar-refractivity contribution < 1.29 is 4.21 Å². The fourth-order valence-corrected chi connectivity index (χ4v) is 3.34. The van der Waals surface area contributed by atoms with Gasteiger partial charge in [0, 0.05) is 21.3 Å². The number of fused-ring (bicyclic) bond motifs is 1. The fourth-order valence-electron chi connectivity index (χ4n) is 1.58. The van der Waals surface area contributed by atoms with E-state index in [-0.39, 0.29) is 10.8 Å². The Morgan fingerprint density at radius 3 is 2.00 bits per heavy atom. The van der Waals surface area contributed by atoms with Crippen molar-refractivity contribution in [1.29, 1.82) is 0 Å². The molecule has 1 saturated carbocycles. The highest BCUT2D eigenvalue weighted by Gasteiger charge is 2.48. The van der Waals surface area contributed by atoms with Crippen molar-refractivity contribution >= 4 is 10.8 Å². The zero-order valence-electron chi connectivity index (χ0n) is 4.80. The summed E-state index contributed by atoms with van der Waals surface area (Å²) in [4.78, 5) is 0. The van der Waals surface area contributed by atoms with Gasteiger partial charge in [-0.15, -0.1) is 0 Å². The highest BCUT2D eigenvalue weighted by Crippen LogP contribution is 2.40. The van der Waals surface area contributed by atoms with E-state index in [0.29, 0.717) is 10.5 Å². The maximum Gasteiger partial charge on any atom is 0.0494 e. The zero-order valence-corrected chi connectivity index (χ0v) is 5.62. The summed E-state index contributed by atoms with van der Waals surface area (Å²) in [5.41, 5.74) is 0. The quantitative estimate of drug-likeness (QED) is 0.448. The van der Waals surface area contributed by atoms with Crippen molar-refractivity contribution in [1.82, 2.24) is 0 Å². The van der Waals surface area contributed by atoms with Crippen LogP contribution in [0.25, 0.3) is 0 Å². The lowest BCUT2D eigenvalue weighted by molar-refractivity contribution is 0.571. The maximum absolute atomic E-state index is 10.8. The molecule has 1 saturated heterocycles. The second kappa shape index (κ2) is 1.56. The summed E-state index contributed by atoms with van der Waals surface area (Å²) in [5, 5.41) is 1.28. The Hall–Kier alpha value is 0.150. The Bertz CT molecular complexity index is 118. The molecule has 1 heterocycles. The molecule has 8 heavy (non-hydrogen) atoms. The van der Waals surface area contributed by atoms with Gasteiger partial charge in [-0.3, -0.25) is 4.21 Å². The summed E-state index contributed by atoms with van der Waals surface area (Å²) >= 11 is 0. The Balaban J connectivity index is 2.07. The first-order valence-corrected chi connectivity index (χ1v) is 4.56. The Morgan fingerprint density at radius 2 is 1.62 bits per heavy atom. The van der Waals surface area contributed by atoms with E-state index in [2.05, 4.69) is 0 Å². The molecular weight excluding hydrogens is 120 g/mol. The van der Waals surface area contributed by atoms with Crippen LogP contribution in [-0.4, -0.2) is 14.7 Å². The van der Waals surface area contributed by atoms with Crippen LogP contribution in [0, 0.1) is 0 Å². The minimum Gasteiger partial charge on any atom is -0.259 e. The summed E-state index contributed by atoms with van der Waals surface area (Å²) < 4.78 is 10.8. The van der Waals surface area contributed by atoms with Crippen molar-refractivity contribution in [2.45, 2.75) is 36.2 Å². The van der Waals surface area contributed by atoms with Gasteiger partial charge in [0.1, 0.15) is 0 Å². The van der Waals surface area contributed by atoms with Crippen LogP contribution in [0.3, 0.4) is 0 Å². The normalized spacial score (nSPS) is 52.8. The SMILES string of the molecule is O=S1[C@@H]2CCCC[C@@H]21. The van der Waals surface area contributed by atoms with Crippen LogP contribution in [0.5, 0.6) is 0 Å². The molecular formula is C6H10OS. The minimum atomic E-state index is -0.374. The molecule has 0 aromatic rings. The second-order valence-corrected chi connectivity index (χ2v) is 4.56. The summed E-state index contributed by atoms with van der Waals surface area (Å²) in [6.45, 7) is 0. The molecule has 1 nitrogen and oxygen atoms in total. The molecule has 0 amide bonds. The number of hydrogen-bond acceptors (Lipinski definition) is 1. The predicted octanol–water partition coefficient (Wildman–Crippen LogP) is 1.06. The molecule has 2 rings (SSSR count). The van der Waals surface area contributed by atoms with Crippen LogP contribution in [0.4, 0.5) is 0 Å². The van der Waals surface area contributed by atoms with E-state index in [0.717, 1.165) is 0 Å². The van der Waals surface area contributed by atoms with E-state index < -0.39 is 0 Å². The second-order valence-electron chi connectivity index (χ2n) is 2.69. The van der Waals surface area contributed by atoms with Crippen LogP contribution in [0.1, 0.15) is 25.7 Å². The Labute approximate surface area is 51.9 Å². The molecule has 2 aliphatic rings. The molecule has 0 bridgehead atoms. The van der Waals surface area contributed by atoms with Crippen LogP contribution >= 0.6 is 0 Å². The molecule has 2 heteroatoms. The summed E-state index contributed by atoms with van der Waals surface area (Å²) in [6.07, 6.45) is 5.15. The average Bonchev–Trinajstić information content (AvgIpc) is 2.46. The molecule has 0 spiro atoms. The van der Waals surface area contributed by atoms with Gasteiger partial charge in [-0.2, -0.15) is 0 Å². The van der Waals surface area contributed by atoms with E-state index in [1.165, 1.54) is 25.7 Å². The molecule has 0 radical (unpaired) electrons. The van der Waals surface area contributed by atoms with Crippen molar-refractivity contribution in [2.24, 2.45) is 0 Å². The first kappa shape index (κ1) is 4.98. The van der Waals surface area contributed by atoms with Crippen LogP contribution in [-0.2, 0) is 10.8 Å². The van der Waals surface area contributed by atoms with Gasteiger partial charge in [-0.25, -0.2) is 0 Å². The molecule has 46 valence electrons. The third-order valence-electron chi connectivity index (χ3n) is 2.16. The van der Waals surface area contributed by atoms with Crippen LogP contribution in [0.2, 0.25) is 0 Å². The average molecular weight is 130 g/mol.